The number of benzene rings is 2. The van der Waals surface area contributed by atoms with Crippen molar-refractivity contribution in [3.63, 3.8) is 0 Å². The van der Waals surface area contributed by atoms with Gasteiger partial charge in [-0.3, -0.25) is 0 Å². The van der Waals surface area contributed by atoms with Crippen LogP contribution in [-0.4, -0.2) is 25.7 Å². The quantitative estimate of drug-likeness (QED) is 0.444. The highest BCUT2D eigenvalue weighted by Crippen LogP contribution is 2.16. The predicted molar refractivity (Wildman–Crippen MR) is 103 cm³/mol. The molecular formula is C22H26O5. The van der Waals surface area contributed by atoms with Crippen molar-refractivity contribution in [1.82, 2.24) is 0 Å². The summed E-state index contributed by atoms with van der Waals surface area (Å²) in [4.78, 5) is 24.8. The van der Waals surface area contributed by atoms with Crippen LogP contribution in [0.2, 0.25) is 0 Å². The molecular weight excluding hydrogens is 344 g/mol. The van der Waals surface area contributed by atoms with E-state index in [0.29, 0.717) is 12.4 Å². The summed E-state index contributed by atoms with van der Waals surface area (Å²) in [5.74, 6) is -0.368. The SMILES string of the molecule is CCCCCCOC(=O)c1ccccc1C(=O)OCc1cccc(OC)c1. The van der Waals surface area contributed by atoms with Crippen molar-refractivity contribution in [2.75, 3.05) is 13.7 Å². The fraction of sp³-hybridized carbons (Fsp3) is 0.364. The second-order valence-corrected chi connectivity index (χ2v) is 6.17. The number of carbonyl (C=O) groups is 2. The van der Waals surface area contributed by atoms with Crippen LogP contribution in [0.25, 0.3) is 0 Å². The molecule has 0 saturated carbocycles. The molecule has 0 aliphatic rings. The molecule has 5 nitrogen and oxygen atoms in total. The zero-order chi connectivity index (χ0) is 19.5. The number of carbonyl (C=O) groups excluding carboxylic acids is 2. The van der Waals surface area contributed by atoms with Crippen LogP contribution in [-0.2, 0) is 16.1 Å². The molecule has 0 aromatic heterocycles. The largest absolute Gasteiger partial charge is 0.497 e. The van der Waals surface area contributed by atoms with E-state index in [-0.39, 0.29) is 17.7 Å². The van der Waals surface area contributed by atoms with Crippen molar-refractivity contribution >= 4 is 11.9 Å². The molecule has 0 unspecified atom stereocenters. The van der Waals surface area contributed by atoms with E-state index < -0.39 is 11.9 Å². The Kier molecular flexibility index (Phi) is 8.36. The minimum Gasteiger partial charge on any atom is -0.497 e. The lowest BCUT2D eigenvalue weighted by molar-refractivity contribution is 0.0436. The highest BCUT2D eigenvalue weighted by atomic mass is 16.5. The molecule has 0 radical (unpaired) electrons. The Bertz CT molecular complexity index is 754. The molecule has 0 aliphatic heterocycles. The second kappa shape index (κ2) is 11.0. The van der Waals surface area contributed by atoms with Gasteiger partial charge in [-0.15, -0.1) is 0 Å². The summed E-state index contributed by atoms with van der Waals surface area (Å²) in [5.41, 5.74) is 1.24. The summed E-state index contributed by atoms with van der Waals surface area (Å²) in [6, 6.07) is 13.8. The minimum atomic E-state index is -0.559. The van der Waals surface area contributed by atoms with Crippen LogP contribution in [0.1, 0.15) is 58.9 Å². The number of esters is 2. The predicted octanol–water partition coefficient (Wildman–Crippen LogP) is 4.79. The minimum absolute atomic E-state index is 0.0937. The van der Waals surface area contributed by atoms with Gasteiger partial charge in [-0.05, 0) is 36.2 Å². The fourth-order valence-electron chi connectivity index (χ4n) is 2.60. The molecule has 2 aromatic carbocycles. The van der Waals surface area contributed by atoms with Gasteiger partial charge in [-0.1, -0.05) is 50.5 Å². The van der Waals surface area contributed by atoms with E-state index in [4.69, 9.17) is 14.2 Å². The Morgan fingerprint density at radius 3 is 2.22 bits per heavy atom. The first-order chi connectivity index (χ1) is 13.2. The maximum atomic E-state index is 12.5. The zero-order valence-electron chi connectivity index (χ0n) is 15.9. The monoisotopic (exact) mass is 370 g/mol. The van der Waals surface area contributed by atoms with Gasteiger partial charge in [0.25, 0.3) is 0 Å². The molecule has 0 aliphatic carbocycles. The van der Waals surface area contributed by atoms with Crippen LogP contribution in [0.5, 0.6) is 5.75 Å². The number of methoxy groups -OCH3 is 1. The molecule has 0 spiro atoms. The third-order valence-electron chi connectivity index (χ3n) is 4.10. The Morgan fingerprint density at radius 1 is 0.852 bits per heavy atom. The highest BCUT2D eigenvalue weighted by molar-refractivity contribution is 6.03. The van der Waals surface area contributed by atoms with E-state index in [1.807, 2.05) is 18.2 Å². The summed E-state index contributed by atoms with van der Waals surface area (Å²) >= 11 is 0. The molecule has 0 heterocycles. The lowest BCUT2D eigenvalue weighted by Crippen LogP contribution is -2.14. The molecule has 0 saturated heterocycles. The van der Waals surface area contributed by atoms with Crippen LogP contribution in [0.15, 0.2) is 48.5 Å². The van der Waals surface area contributed by atoms with Crippen molar-refractivity contribution in [3.8, 4) is 5.75 Å². The van der Waals surface area contributed by atoms with Crippen molar-refractivity contribution in [2.24, 2.45) is 0 Å². The standard InChI is InChI=1S/C22H26O5/c1-3-4-5-8-14-26-21(23)19-12-6-7-13-20(19)22(24)27-16-17-10-9-11-18(15-17)25-2/h6-7,9-13,15H,3-5,8,14,16H2,1-2H3. The van der Waals surface area contributed by atoms with Gasteiger partial charge in [0.15, 0.2) is 0 Å². The van der Waals surface area contributed by atoms with Crippen LogP contribution in [0.4, 0.5) is 0 Å². The van der Waals surface area contributed by atoms with E-state index in [9.17, 15) is 9.59 Å². The van der Waals surface area contributed by atoms with Crippen molar-refractivity contribution in [3.05, 3.63) is 65.2 Å². The van der Waals surface area contributed by atoms with Crippen LogP contribution in [0, 0.1) is 0 Å². The summed E-state index contributed by atoms with van der Waals surface area (Å²) in [7, 11) is 1.58. The first-order valence-corrected chi connectivity index (χ1v) is 9.22. The summed E-state index contributed by atoms with van der Waals surface area (Å²) in [5, 5.41) is 0. The highest BCUT2D eigenvalue weighted by Gasteiger charge is 2.19. The number of rotatable bonds is 10. The van der Waals surface area contributed by atoms with Crippen molar-refractivity contribution < 1.29 is 23.8 Å². The average molecular weight is 370 g/mol. The van der Waals surface area contributed by atoms with Gasteiger partial charge < -0.3 is 14.2 Å². The summed E-state index contributed by atoms with van der Waals surface area (Å²) in [6.07, 6.45) is 4.08. The first kappa shape index (κ1) is 20.5. The van der Waals surface area contributed by atoms with E-state index in [1.165, 1.54) is 0 Å². The molecule has 5 heteroatoms. The Morgan fingerprint density at radius 2 is 1.56 bits per heavy atom. The Labute approximate surface area is 160 Å². The van der Waals surface area contributed by atoms with Crippen LogP contribution < -0.4 is 4.74 Å². The van der Waals surface area contributed by atoms with E-state index >= 15 is 0 Å². The topological polar surface area (TPSA) is 61.8 Å². The molecule has 2 aromatic rings. The number of unbranched alkanes of at least 4 members (excludes halogenated alkanes) is 3. The smallest absolute Gasteiger partial charge is 0.339 e. The number of ether oxygens (including phenoxy) is 3. The lowest BCUT2D eigenvalue weighted by Gasteiger charge is -2.10. The van der Waals surface area contributed by atoms with Gasteiger partial charge in [0, 0.05) is 0 Å². The zero-order valence-corrected chi connectivity index (χ0v) is 15.9. The third kappa shape index (κ3) is 6.44. The fourth-order valence-corrected chi connectivity index (χ4v) is 2.60. The van der Waals surface area contributed by atoms with Gasteiger partial charge in [-0.25, -0.2) is 9.59 Å². The molecule has 2 rings (SSSR count). The molecule has 144 valence electrons. The van der Waals surface area contributed by atoms with E-state index in [0.717, 1.165) is 31.2 Å². The molecule has 0 amide bonds. The molecule has 27 heavy (non-hydrogen) atoms. The van der Waals surface area contributed by atoms with Gasteiger partial charge in [0.05, 0.1) is 24.8 Å². The average Bonchev–Trinajstić information content (AvgIpc) is 2.71. The normalized spacial score (nSPS) is 10.3. The molecule has 0 fully saturated rings. The van der Waals surface area contributed by atoms with Gasteiger partial charge in [-0.2, -0.15) is 0 Å². The lowest BCUT2D eigenvalue weighted by atomic mass is 10.1. The summed E-state index contributed by atoms with van der Waals surface area (Å²) in [6.45, 7) is 2.57. The Balaban J connectivity index is 1.96. The van der Waals surface area contributed by atoms with Crippen molar-refractivity contribution in [2.45, 2.75) is 39.2 Å². The number of hydrogen-bond acceptors (Lipinski definition) is 5. The van der Waals surface area contributed by atoms with Crippen molar-refractivity contribution in [1.29, 1.82) is 0 Å². The maximum absolute atomic E-state index is 12.5. The summed E-state index contributed by atoms with van der Waals surface area (Å²) < 4.78 is 15.8. The van der Waals surface area contributed by atoms with Gasteiger partial charge in [0.2, 0.25) is 0 Å². The van der Waals surface area contributed by atoms with E-state index in [1.54, 1.807) is 37.4 Å². The maximum Gasteiger partial charge on any atom is 0.339 e. The van der Waals surface area contributed by atoms with Gasteiger partial charge >= 0.3 is 11.9 Å². The molecule has 0 bridgehead atoms. The molecule has 0 N–H and O–H groups in total. The second-order valence-electron chi connectivity index (χ2n) is 6.17. The van der Waals surface area contributed by atoms with Gasteiger partial charge in [0.1, 0.15) is 12.4 Å². The van der Waals surface area contributed by atoms with Crippen LogP contribution in [0.3, 0.4) is 0 Å². The van der Waals surface area contributed by atoms with E-state index in [2.05, 4.69) is 6.92 Å². The number of hydrogen-bond donors (Lipinski definition) is 0. The third-order valence-corrected chi connectivity index (χ3v) is 4.10. The first-order valence-electron chi connectivity index (χ1n) is 9.22. The molecule has 0 atom stereocenters. The Hall–Kier alpha value is -2.82. The van der Waals surface area contributed by atoms with Crippen LogP contribution >= 0.6 is 0 Å².